The highest BCUT2D eigenvalue weighted by atomic mass is 32.2. The molecule has 0 aliphatic heterocycles. The zero-order valence-electron chi connectivity index (χ0n) is 17.6. The molecular formula is C22H21N5O3S2. The van der Waals surface area contributed by atoms with Crippen molar-refractivity contribution in [1.29, 1.82) is 0 Å². The fourth-order valence-electron chi connectivity index (χ4n) is 3.06. The van der Waals surface area contributed by atoms with E-state index in [1.54, 1.807) is 23.9 Å². The van der Waals surface area contributed by atoms with Crippen molar-refractivity contribution in [3.05, 3.63) is 59.4 Å². The summed E-state index contributed by atoms with van der Waals surface area (Å²) in [4.78, 5) is 34.5. The summed E-state index contributed by atoms with van der Waals surface area (Å²) in [7, 11) is 0. The number of fused-ring (bicyclic) bond motifs is 1. The van der Waals surface area contributed by atoms with Crippen LogP contribution in [-0.4, -0.2) is 44.0 Å². The van der Waals surface area contributed by atoms with Crippen LogP contribution in [0.1, 0.15) is 29.1 Å². The summed E-state index contributed by atoms with van der Waals surface area (Å²) in [6.45, 7) is 4.03. The van der Waals surface area contributed by atoms with Gasteiger partial charge >= 0.3 is 5.97 Å². The lowest BCUT2D eigenvalue weighted by molar-refractivity contribution is -0.113. The highest BCUT2D eigenvalue weighted by Crippen LogP contribution is 2.30. The quantitative estimate of drug-likeness (QED) is 0.234. The smallest absolute Gasteiger partial charge is 0.341 e. The molecular weight excluding hydrogens is 446 g/mol. The Hall–Kier alpha value is -3.24. The Morgan fingerprint density at radius 2 is 2.00 bits per heavy atom. The number of aromatic nitrogens is 4. The van der Waals surface area contributed by atoms with Gasteiger partial charge in [-0.1, -0.05) is 36.9 Å². The van der Waals surface area contributed by atoms with Crippen LogP contribution in [0.4, 0.5) is 5.00 Å². The average Bonchev–Trinajstić information content (AvgIpc) is 3.43. The summed E-state index contributed by atoms with van der Waals surface area (Å²) in [6, 6.07) is 11.5. The van der Waals surface area contributed by atoms with E-state index in [4.69, 9.17) is 4.74 Å². The Kier molecular flexibility index (Phi) is 6.81. The zero-order valence-corrected chi connectivity index (χ0v) is 19.2. The second-order valence-corrected chi connectivity index (χ2v) is 8.78. The molecule has 0 aliphatic rings. The molecule has 0 saturated carbocycles. The number of thioether (sulfide) groups is 1. The number of ether oxygens (including phenoxy) is 1. The van der Waals surface area contributed by atoms with E-state index in [-0.39, 0.29) is 18.3 Å². The number of carbonyl (C=O) groups is 2. The number of para-hydroxylation sites is 1. The van der Waals surface area contributed by atoms with Gasteiger partial charge < -0.3 is 10.1 Å². The predicted octanol–water partition coefficient (Wildman–Crippen LogP) is 4.35. The molecule has 32 heavy (non-hydrogen) atoms. The molecule has 0 saturated heterocycles. The van der Waals surface area contributed by atoms with Crippen molar-refractivity contribution in [2.24, 2.45) is 0 Å². The van der Waals surface area contributed by atoms with Gasteiger partial charge in [-0.15, -0.1) is 11.3 Å². The third-order valence-corrected chi connectivity index (χ3v) is 6.75. The Bertz CT molecular complexity index is 1250. The van der Waals surface area contributed by atoms with Crippen LogP contribution < -0.4 is 5.32 Å². The van der Waals surface area contributed by atoms with Gasteiger partial charge in [-0.05, 0) is 31.5 Å². The molecule has 0 atom stereocenters. The number of carbonyl (C=O) groups excluding carboxylic acids is 2. The molecule has 0 radical (unpaired) electrons. The fourth-order valence-corrected chi connectivity index (χ4v) is 4.82. The third-order valence-electron chi connectivity index (χ3n) is 4.55. The van der Waals surface area contributed by atoms with E-state index in [9.17, 15) is 9.59 Å². The van der Waals surface area contributed by atoms with Crippen LogP contribution in [0, 0.1) is 0 Å². The average molecular weight is 468 g/mol. The van der Waals surface area contributed by atoms with E-state index >= 15 is 0 Å². The standard InChI is InChI=1S/C22H21N5O3S2/c1-3-15-10-16(22(29)30-4-2)21(32-15)26-18(28)12-31-20-17-11-25-27(19(17)23-13-24-20)14-8-6-5-7-9-14/h5-11,13H,3-4,12H2,1-2H3,(H,26,28). The summed E-state index contributed by atoms with van der Waals surface area (Å²) in [5.74, 6) is -0.533. The molecule has 0 spiro atoms. The van der Waals surface area contributed by atoms with Crippen LogP contribution in [0.15, 0.2) is 53.9 Å². The number of anilines is 1. The first kappa shape index (κ1) is 22.0. The molecule has 0 unspecified atom stereocenters. The Labute approximate surface area is 193 Å². The molecule has 3 aromatic heterocycles. The monoisotopic (exact) mass is 467 g/mol. The zero-order chi connectivity index (χ0) is 22.5. The van der Waals surface area contributed by atoms with Crippen molar-refractivity contribution < 1.29 is 14.3 Å². The van der Waals surface area contributed by atoms with Gasteiger partial charge in [0.2, 0.25) is 5.91 Å². The summed E-state index contributed by atoms with van der Waals surface area (Å²) in [5.41, 5.74) is 1.95. The molecule has 1 N–H and O–H groups in total. The molecule has 4 rings (SSSR count). The van der Waals surface area contributed by atoms with Gasteiger partial charge in [-0.25, -0.2) is 19.4 Å². The normalized spacial score (nSPS) is 10.9. The van der Waals surface area contributed by atoms with Gasteiger partial charge in [0.25, 0.3) is 0 Å². The van der Waals surface area contributed by atoms with Crippen molar-refractivity contribution in [3.63, 3.8) is 0 Å². The first-order valence-corrected chi connectivity index (χ1v) is 11.9. The number of rotatable bonds is 8. The number of thiophene rings is 1. The minimum absolute atomic E-state index is 0.129. The summed E-state index contributed by atoms with van der Waals surface area (Å²) < 4.78 is 6.85. The van der Waals surface area contributed by atoms with Gasteiger partial charge in [-0.3, -0.25) is 4.79 Å². The van der Waals surface area contributed by atoms with Gasteiger partial charge in [-0.2, -0.15) is 5.10 Å². The number of amides is 1. The SMILES string of the molecule is CCOC(=O)c1cc(CC)sc1NC(=O)CSc1ncnc2c1cnn2-c1ccccc1. The second-order valence-electron chi connectivity index (χ2n) is 6.67. The van der Waals surface area contributed by atoms with E-state index in [1.807, 2.05) is 37.3 Å². The molecule has 3 heterocycles. The van der Waals surface area contributed by atoms with E-state index in [0.29, 0.717) is 21.2 Å². The van der Waals surface area contributed by atoms with Crippen LogP contribution in [0.3, 0.4) is 0 Å². The van der Waals surface area contributed by atoms with Crippen LogP contribution >= 0.6 is 23.1 Å². The first-order valence-electron chi connectivity index (χ1n) is 10.1. The largest absolute Gasteiger partial charge is 0.462 e. The number of nitrogens with one attached hydrogen (secondary N) is 1. The molecule has 4 aromatic rings. The molecule has 8 nitrogen and oxygen atoms in total. The number of aryl methyl sites for hydroxylation is 1. The van der Waals surface area contributed by atoms with Gasteiger partial charge in [0, 0.05) is 4.88 Å². The number of hydrogen-bond donors (Lipinski definition) is 1. The molecule has 0 bridgehead atoms. The van der Waals surface area contributed by atoms with Crippen molar-refractivity contribution in [2.45, 2.75) is 25.3 Å². The van der Waals surface area contributed by atoms with Gasteiger partial charge in [0.05, 0.1) is 35.2 Å². The van der Waals surface area contributed by atoms with Crippen LogP contribution in [0.2, 0.25) is 0 Å². The molecule has 164 valence electrons. The van der Waals surface area contributed by atoms with Crippen molar-refractivity contribution in [2.75, 3.05) is 17.7 Å². The van der Waals surface area contributed by atoms with E-state index in [2.05, 4.69) is 20.4 Å². The van der Waals surface area contributed by atoms with Crippen molar-refractivity contribution in [1.82, 2.24) is 19.7 Å². The molecule has 1 amide bonds. The topological polar surface area (TPSA) is 99.0 Å². The van der Waals surface area contributed by atoms with Gasteiger partial charge in [0.1, 0.15) is 16.4 Å². The molecule has 10 heteroatoms. The Morgan fingerprint density at radius 3 is 2.75 bits per heavy atom. The lowest BCUT2D eigenvalue weighted by Gasteiger charge is -2.06. The Morgan fingerprint density at radius 1 is 1.19 bits per heavy atom. The summed E-state index contributed by atoms with van der Waals surface area (Å²) in [5, 5.41) is 9.22. The predicted molar refractivity (Wildman–Crippen MR) is 126 cm³/mol. The lowest BCUT2D eigenvalue weighted by Crippen LogP contribution is -2.16. The van der Waals surface area contributed by atoms with Crippen LogP contribution in [-0.2, 0) is 16.0 Å². The van der Waals surface area contributed by atoms with Gasteiger partial charge in [0.15, 0.2) is 5.65 Å². The third kappa shape index (κ3) is 4.66. The maximum atomic E-state index is 12.6. The second kappa shape index (κ2) is 9.92. The highest BCUT2D eigenvalue weighted by molar-refractivity contribution is 8.00. The fraction of sp³-hybridized carbons (Fsp3) is 0.227. The number of hydrogen-bond acceptors (Lipinski definition) is 8. The molecule has 0 aliphatic carbocycles. The lowest BCUT2D eigenvalue weighted by atomic mass is 10.2. The first-order chi connectivity index (χ1) is 15.6. The number of esters is 1. The summed E-state index contributed by atoms with van der Waals surface area (Å²) >= 11 is 2.68. The maximum Gasteiger partial charge on any atom is 0.341 e. The van der Waals surface area contributed by atoms with E-state index in [1.165, 1.54) is 29.4 Å². The number of nitrogens with zero attached hydrogens (tertiary/aromatic N) is 4. The van der Waals surface area contributed by atoms with Crippen LogP contribution in [0.5, 0.6) is 0 Å². The highest BCUT2D eigenvalue weighted by Gasteiger charge is 2.19. The van der Waals surface area contributed by atoms with Crippen LogP contribution in [0.25, 0.3) is 16.7 Å². The Balaban J connectivity index is 1.49. The van der Waals surface area contributed by atoms with E-state index in [0.717, 1.165) is 22.4 Å². The summed E-state index contributed by atoms with van der Waals surface area (Å²) in [6.07, 6.45) is 3.94. The maximum absolute atomic E-state index is 12.6. The minimum Gasteiger partial charge on any atom is -0.462 e. The minimum atomic E-state index is -0.433. The number of benzene rings is 1. The molecule has 1 aromatic carbocycles. The van der Waals surface area contributed by atoms with Crippen molar-refractivity contribution >= 4 is 51.0 Å². The van der Waals surface area contributed by atoms with Crippen molar-refractivity contribution in [3.8, 4) is 5.69 Å². The molecule has 0 fully saturated rings. The van der Waals surface area contributed by atoms with E-state index < -0.39 is 5.97 Å².